The van der Waals surface area contributed by atoms with Crippen LogP contribution in [0.1, 0.15) is 38.5 Å². The van der Waals surface area contributed by atoms with Gasteiger partial charge in [-0.2, -0.15) is 0 Å². The zero-order valence-electron chi connectivity index (χ0n) is 17.0. The molecule has 0 saturated heterocycles. The van der Waals surface area contributed by atoms with E-state index in [-0.39, 0.29) is 23.9 Å². The Balaban J connectivity index is 3.93. The molecule has 2 amide bonds. The number of carbonyl (C=O) groups excluding carboxylic acids is 2. The van der Waals surface area contributed by atoms with Gasteiger partial charge in [0, 0.05) is 32.1 Å². The minimum atomic E-state index is -0.190. The molecule has 8 nitrogen and oxygen atoms in total. The molecule has 0 aliphatic carbocycles. The molecule has 0 aliphatic heterocycles. The van der Waals surface area contributed by atoms with Gasteiger partial charge in [0.05, 0.1) is 6.04 Å². The van der Waals surface area contributed by atoms with Crippen LogP contribution in [-0.2, 0) is 9.59 Å². The Bertz CT molecular complexity index is 368. The van der Waals surface area contributed by atoms with Crippen LogP contribution in [0.2, 0.25) is 0 Å². The fourth-order valence-corrected chi connectivity index (χ4v) is 2.66. The number of carbonyl (C=O) groups is 2. The van der Waals surface area contributed by atoms with Gasteiger partial charge >= 0.3 is 0 Å². The smallest absolute Gasteiger partial charge is 0.237 e. The lowest BCUT2D eigenvalue weighted by molar-refractivity contribution is -0.123. The molecule has 26 heavy (non-hydrogen) atoms. The third-order valence-corrected chi connectivity index (χ3v) is 4.42. The summed E-state index contributed by atoms with van der Waals surface area (Å²) >= 11 is 0. The number of amides is 2. The zero-order valence-corrected chi connectivity index (χ0v) is 17.0. The lowest BCUT2D eigenvalue weighted by Crippen LogP contribution is -2.47. The maximum Gasteiger partial charge on any atom is 0.237 e. The predicted octanol–water partition coefficient (Wildman–Crippen LogP) is -0.826. The molecular formula is C18H40N6O2. The van der Waals surface area contributed by atoms with E-state index in [1.807, 2.05) is 28.2 Å². The van der Waals surface area contributed by atoms with E-state index in [0.717, 1.165) is 38.6 Å². The van der Waals surface area contributed by atoms with Gasteiger partial charge in [-0.05, 0) is 66.8 Å². The molecule has 2 atom stereocenters. The van der Waals surface area contributed by atoms with Crippen LogP contribution in [0.5, 0.6) is 0 Å². The van der Waals surface area contributed by atoms with Crippen molar-refractivity contribution >= 4 is 11.8 Å². The largest absolute Gasteiger partial charge is 0.356 e. The van der Waals surface area contributed by atoms with Crippen LogP contribution in [0.15, 0.2) is 0 Å². The summed E-state index contributed by atoms with van der Waals surface area (Å²) in [6.45, 7) is 2.97. The predicted molar refractivity (Wildman–Crippen MR) is 107 cm³/mol. The molecule has 0 heterocycles. The van der Waals surface area contributed by atoms with Gasteiger partial charge in [0.2, 0.25) is 11.8 Å². The first-order valence-electron chi connectivity index (χ1n) is 9.77. The highest BCUT2D eigenvalue weighted by atomic mass is 16.2. The first-order chi connectivity index (χ1) is 12.6. The molecule has 6 N–H and O–H groups in total. The molecule has 0 bridgehead atoms. The SMILES string of the molecule is CNCCC[C@@H](CNC(=O)[C@H](CCCCNC(=O)CCNC)NC)NC. The van der Waals surface area contributed by atoms with Gasteiger partial charge in [-0.25, -0.2) is 0 Å². The Labute approximate surface area is 159 Å². The maximum atomic E-state index is 12.3. The molecule has 0 saturated carbocycles. The molecule has 0 aromatic rings. The van der Waals surface area contributed by atoms with Gasteiger partial charge < -0.3 is 31.9 Å². The quantitative estimate of drug-likeness (QED) is 0.186. The number of rotatable bonds is 17. The molecule has 0 radical (unpaired) electrons. The summed E-state index contributed by atoms with van der Waals surface area (Å²) in [5, 5.41) is 18.4. The maximum absolute atomic E-state index is 12.3. The molecule has 0 aliphatic rings. The third kappa shape index (κ3) is 13.0. The van der Waals surface area contributed by atoms with Crippen LogP contribution < -0.4 is 31.9 Å². The van der Waals surface area contributed by atoms with Crippen LogP contribution in [-0.4, -0.2) is 78.3 Å². The summed E-state index contributed by atoms with van der Waals surface area (Å²) in [7, 11) is 7.52. The second-order valence-corrected chi connectivity index (χ2v) is 6.52. The molecule has 0 aromatic heterocycles. The second kappa shape index (κ2) is 17.2. The average Bonchev–Trinajstić information content (AvgIpc) is 2.65. The van der Waals surface area contributed by atoms with Crippen molar-refractivity contribution in [3.05, 3.63) is 0 Å². The van der Waals surface area contributed by atoms with E-state index in [9.17, 15) is 9.59 Å². The van der Waals surface area contributed by atoms with Gasteiger partial charge in [-0.15, -0.1) is 0 Å². The first-order valence-corrected chi connectivity index (χ1v) is 9.77. The van der Waals surface area contributed by atoms with E-state index in [2.05, 4.69) is 31.9 Å². The van der Waals surface area contributed by atoms with Gasteiger partial charge in [0.15, 0.2) is 0 Å². The summed E-state index contributed by atoms with van der Waals surface area (Å²) in [6.07, 6.45) is 5.13. The molecule has 154 valence electrons. The Morgan fingerprint density at radius 3 is 2.12 bits per heavy atom. The highest BCUT2D eigenvalue weighted by Crippen LogP contribution is 2.01. The van der Waals surface area contributed by atoms with Gasteiger partial charge in [-0.1, -0.05) is 0 Å². The molecule has 0 aromatic carbocycles. The topological polar surface area (TPSA) is 106 Å². The van der Waals surface area contributed by atoms with E-state index in [0.29, 0.717) is 26.1 Å². The van der Waals surface area contributed by atoms with Crippen molar-refractivity contribution in [2.45, 2.75) is 50.6 Å². The van der Waals surface area contributed by atoms with Crippen LogP contribution >= 0.6 is 0 Å². The Kier molecular flexibility index (Phi) is 16.4. The van der Waals surface area contributed by atoms with Crippen molar-refractivity contribution < 1.29 is 9.59 Å². The van der Waals surface area contributed by atoms with Crippen LogP contribution in [0.3, 0.4) is 0 Å². The number of hydrogen-bond donors (Lipinski definition) is 6. The summed E-state index contributed by atoms with van der Waals surface area (Å²) in [5.41, 5.74) is 0. The van der Waals surface area contributed by atoms with E-state index < -0.39 is 0 Å². The lowest BCUT2D eigenvalue weighted by atomic mass is 10.1. The average molecular weight is 373 g/mol. The van der Waals surface area contributed by atoms with Crippen molar-refractivity contribution in [1.29, 1.82) is 0 Å². The van der Waals surface area contributed by atoms with Crippen LogP contribution in [0, 0.1) is 0 Å². The standard InChI is InChI=1S/C18H40N6O2/c1-19-11-7-8-15(21-3)14-24-18(26)16(22-4)9-5-6-12-23-17(25)10-13-20-2/h15-16,19-22H,5-14H2,1-4H3,(H,23,25)(H,24,26)/t15-,16-/m0/s1. The summed E-state index contributed by atoms with van der Waals surface area (Å²) in [6, 6.07) is 0.0995. The second-order valence-electron chi connectivity index (χ2n) is 6.52. The minimum absolute atomic E-state index is 0.0411. The van der Waals surface area contributed by atoms with Gasteiger partial charge in [-0.3, -0.25) is 9.59 Å². The molecule has 0 unspecified atom stereocenters. The normalized spacial score (nSPS) is 13.2. The summed E-state index contributed by atoms with van der Waals surface area (Å²) in [5.74, 6) is 0.109. The Morgan fingerprint density at radius 2 is 1.50 bits per heavy atom. The van der Waals surface area contributed by atoms with Crippen molar-refractivity contribution in [2.24, 2.45) is 0 Å². The highest BCUT2D eigenvalue weighted by Gasteiger charge is 2.17. The fourth-order valence-electron chi connectivity index (χ4n) is 2.66. The first kappa shape index (κ1) is 24.8. The van der Waals surface area contributed by atoms with Crippen LogP contribution in [0.4, 0.5) is 0 Å². The van der Waals surface area contributed by atoms with E-state index in [4.69, 9.17) is 0 Å². The Hall–Kier alpha value is -1.22. The van der Waals surface area contributed by atoms with Gasteiger partial charge in [0.1, 0.15) is 0 Å². The van der Waals surface area contributed by atoms with E-state index in [1.165, 1.54) is 0 Å². The Morgan fingerprint density at radius 1 is 0.769 bits per heavy atom. The number of likely N-dealkylation sites (N-methyl/N-ethyl adjacent to an activating group) is 2. The molecule has 0 rings (SSSR count). The van der Waals surface area contributed by atoms with Crippen molar-refractivity contribution in [1.82, 2.24) is 31.9 Å². The number of nitrogens with one attached hydrogen (secondary N) is 6. The monoisotopic (exact) mass is 372 g/mol. The molecular weight excluding hydrogens is 332 g/mol. The highest BCUT2D eigenvalue weighted by molar-refractivity contribution is 5.81. The third-order valence-electron chi connectivity index (χ3n) is 4.42. The van der Waals surface area contributed by atoms with Gasteiger partial charge in [0.25, 0.3) is 0 Å². The number of hydrogen-bond acceptors (Lipinski definition) is 6. The van der Waals surface area contributed by atoms with E-state index in [1.54, 1.807) is 0 Å². The zero-order chi connectivity index (χ0) is 19.6. The molecule has 0 spiro atoms. The summed E-state index contributed by atoms with van der Waals surface area (Å²) < 4.78 is 0. The van der Waals surface area contributed by atoms with Crippen LogP contribution in [0.25, 0.3) is 0 Å². The lowest BCUT2D eigenvalue weighted by Gasteiger charge is -2.20. The van der Waals surface area contributed by atoms with Crippen molar-refractivity contribution in [3.8, 4) is 0 Å². The molecule has 8 heteroatoms. The number of unbranched alkanes of at least 4 members (excludes halogenated alkanes) is 1. The molecule has 0 fully saturated rings. The minimum Gasteiger partial charge on any atom is -0.356 e. The summed E-state index contributed by atoms with van der Waals surface area (Å²) in [4.78, 5) is 23.8. The van der Waals surface area contributed by atoms with E-state index >= 15 is 0 Å². The van der Waals surface area contributed by atoms with Crippen molar-refractivity contribution in [2.75, 3.05) is 54.4 Å². The fraction of sp³-hybridized carbons (Fsp3) is 0.889. The van der Waals surface area contributed by atoms with Crippen molar-refractivity contribution in [3.63, 3.8) is 0 Å².